The molecule has 2 rings (SSSR count). The van der Waals surface area contributed by atoms with Crippen LogP contribution >= 0.6 is 0 Å². The molecule has 0 aromatic carbocycles. The van der Waals surface area contributed by atoms with Gasteiger partial charge in [-0.15, -0.1) is 0 Å². The Morgan fingerprint density at radius 3 is 2.67 bits per heavy atom. The lowest BCUT2D eigenvalue weighted by molar-refractivity contribution is 0.148. The molecule has 1 aromatic heterocycles. The molecule has 1 aliphatic carbocycles. The van der Waals surface area contributed by atoms with Gasteiger partial charge in [-0.25, -0.2) is 4.98 Å². The highest BCUT2D eigenvalue weighted by Crippen LogP contribution is 2.22. The van der Waals surface area contributed by atoms with Crippen molar-refractivity contribution in [2.45, 2.75) is 64.6 Å². The van der Waals surface area contributed by atoms with Gasteiger partial charge < -0.3 is 10.1 Å². The third-order valence-electron chi connectivity index (χ3n) is 3.35. The van der Waals surface area contributed by atoms with Crippen molar-refractivity contribution in [2.24, 2.45) is 0 Å². The van der Waals surface area contributed by atoms with E-state index in [1.54, 1.807) is 0 Å². The Bertz CT molecular complexity index is 342. The summed E-state index contributed by atoms with van der Waals surface area (Å²) in [5.74, 6) is 0.773. The van der Waals surface area contributed by atoms with Crippen LogP contribution in [-0.2, 0) is 6.54 Å². The lowest BCUT2D eigenvalue weighted by Crippen LogP contribution is -2.22. The zero-order chi connectivity index (χ0) is 12.8. The van der Waals surface area contributed by atoms with E-state index in [2.05, 4.69) is 30.2 Å². The summed E-state index contributed by atoms with van der Waals surface area (Å²) in [5.41, 5.74) is 1.21. The monoisotopic (exact) mass is 248 g/mol. The van der Waals surface area contributed by atoms with Gasteiger partial charge in [-0.05, 0) is 31.2 Å². The van der Waals surface area contributed by atoms with Gasteiger partial charge in [0, 0.05) is 24.8 Å². The van der Waals surface area contributed by atoms with Gasteiger partial charge in [0.2, 0.25) is 5.88 Å². The van der Waals surface area contributed by atoms with Crippen molar-refractivity contribution < 1.29 is 4.74 Å². The third kappa shape index (κ3) is 4.30. The van der Waals surface area contributed by atoms with E-state index in [-0.39, 0.29) is 0 Å². The molecule has 0 aliphatic heterocycles. The molecule has 0 spiro atoms. The van der Waals surface area contributed by atoms with Crippen LogP contribution in [0.5, 0.6) is 5.88 Å². The Kier molecular flexibility index (Phi) is 5.00. The van der Waals surface area contributed by atoms with Gasteiger partial charge in [0.05, 0.1) is 0 Å². The van der Waals surface area contributed by atoms with Crippen LogP contribution in [0.1, 0.15) is 51.5 Å². The van der Waals surface area contributed by atoms with Gasteiger partial charge >= 0.3 is 0 Å². The van der Waals surface area contributed by atoms with E-state index in [9.17, 15) is 0 Å². The van der Waals surface area contributed by atoms with Gasteiger partial charge in [-0.1, -0.05) is 26.3 Å². The molecule has 1 aromatic rings. The first-order valence-corrected chi connectivity index (χ1v) is 7.09. The molecular formula is C15H24N2O. The summed E-state index contributed by atoms with van der Waals surface area (Å²) in [6.07, 6.45) is 8.59. The zero-order valence-corrected chi connectivity index (χ0v) is 11.5. The second-order valence-electron chi connectivity index (χ2n) is 5.42. The van der Waals surface area contributed by atoms with E-state index in [0.29, 0.717) is 12.1 Å². The summed E-state index contributed by atoms with van der Waals surface area (Å²) < 4.78 is 5.90. The van der Waals surface area contributed by atoms with Crippen LogP contribution in [0.4, 0.5) is 0 Å². The van der Waals surface area contributed by atoms with Crippen molar-refractivity contribution >= 4 is 0 Å². The topological polar surface area (TPSA) is 34.1 Å². The zero-order valence-electron chi connectivity index (χ0n) is 11.5. The Morgan fingerprint density at radius 2 is 2.06 bits per heavy atom. The van der Waals surface area contributed by atoms with Gasteiger partial charge in [-0.3, -0.25) is 0 Å². The highest BCUT2D eigenvalue weighted by molar-refractivity contribution is 5.18. The van der Waals surface area contributed by atoms with E-state index in [0.717, 1.165) is 12.4 Å². The summed E-state index contributed by atoms with van der Waals surface area (Å²) in [5, 5.41) is 3.38. The molecule has 0 amide bonds. The van der Waals surface area contributed by atoms with Crippen molar-refractivity contribution in [1.29, 1.82) is 0 Å². The van der Waals surface area contributed by atoms with Crippen molar-refractivity contribution in [3.05, 3.63) is 23.9 Å². The highest BCUT2D eigenvalue weighted by Gasteiger charge is 2.15. The van der Waals surface area contributed by atoms with E-state index < -0.39 is 0 Å². The highest BCUT2D eigenvalue weighted by atomic mass is 16.5. The standard InChI is InChI=1S/C15H24N2O/c1-12(2)16-10-13-8-9-15(17-11-13)18-14-6-4-3-5-7-14/h8-9,11-12,14,16H,3-7,10H2,1-2H3. The first-order chi connectivity index (χ1) is 8.74. The number of pyridine rings is 1. The summed E-state index contributed by atoms with van der Waals surface area (Å²) in [4.78, 5) is 4.39. The van der Waals surface area contributed by atoms with Crippen molar-refractivity contribution in [1.82, 2.24) is 10.3 Å². The number of nitrogens with zero attached hydrogens (tertiary/aromatic N) is 1. The number of hydrogen-bond donors (Lipinski definition) is 1. The lowest BCUT2D eigenvalue weighted by atomic mass is 9.98. The fraction of sp³-hybridized carbons (Fsp3) is 0.667. The quantitative estimate of drug-likeness (QED) is 0.868. The second kappa shape index (κ2) is 6.74. The van der Waals surface area contributed by atoms with Gasteiger partial charge in [0.1, 0.15) is 6.10 Å². The van der Waals surface area contributed by atoms with Crippen LogP contribution in [0.15, 0.2) is 18.3 Å². The average Bonchev–Trinajstić information content (AvgIpc) is 2.39. The molecule has 18 heavy (non-hydrogen) atoms. The van der Waals surface area contributed by atoms with E-state index >= 15 is 0 Å². The summed E-state index contributed by atoms with van der Waals surface area (Å²) in [7, 11) is 0. The molecule has 1 fully saturated rings. The molecule has 0 saturated heterocycles. The lowest BCUT2D eigenvalue weighted by Gasteiger charge is -2.22. The van der Waals surface area contributed by atoms with E-state index in [4.69, 9.17) is 4.74 Å². The second-order valence-corrected chi connectivity index (χ2v) is 5.42. The smallest absolute Gasteiger partial charge is 0.213 e. The molecule has 1 saturated carbocycles. The van der Waals surface area contributed by atoms with Gasteiger partial charge in [0.15, 0.2) is 0 Å². The number of rotatable bonds is 5. The Balaban J connectivity index is 1.83. The molecule has 1 aliphatic rings. The van der Waals surface area contributed by atoms with Crippen LogP contribution in [0, 0.1) is 0 Å². The fourth-order valence-corrected chi connectivity index (χ4v) is 2.26. The normalized spacial score (nSPS) is 17.1. The Hall–Kier alpha value is -1.09. The molecule has 0 unspecified atom stereocenters. The average molecular weight is 248 g/mol. The number of nitrogens with one attached hydrogen (secondary N) is 1. The molecule has 3 nitrogen and oxygen atoms in total. The molecule has 3 heteroatoms. The van der Waals surface area contributed by atoms with Crippen LogP contribution in [0.2, 0.25) is 0 Å². The van der Waals surface area contributed by atoms with E-state index in [1.807, 2.05) is 12.3 Å². The summed E-state index contributed by atoms with van der Waals surface area (Å²) >= 11 is 0. The summed E-state index contributed by atoms with van der Waals surface area (Å²) in [6.45, 7) is 5.16. The molecule has 0 atom stereocenters. The first kappa shape index (κ1) is 13.3. The predicted octanol–water partition coefficient (Wildman–Crippen LogP) is 3.29. The Morgan fingerprint density at radius 1 is 1.28 bits per heavy atom. The molecule has 1 heterocycles. The van der Waals surface area contributed by atoms with Crippen molar-refractivity contribution in [3.8, 4) is 5.88 Å². The van der Waals surface area contributed by atoms with Crippen molar-refractivity contribution in [3.63, 3.8) is 0 Å². The maximum Gasteiger partial charge on any atom is 0.213 e. The van der Waals surface area contributed by atoms with Crippen LogP contribution in [-0.4, -0.2) is 17.1 Å². The summed E-state index contributed by atoms with van der Waals surface area (Å²) in [6, 6.07) is 4.59. The SMILES string of the molecule is CC(C)NCc1ccc(OC2CCCCC2)nc1. The number of hydrogen-bond acceptors (Lipinski definition) is 3. The number of aromatic nitrogens is 1. The van der Waals surface area contributed by atoms with Crippen LogP contribution in [0.25, 0.3) is 0 Å². The molecular weight excluding hydrogens is 224 g/mol. The first-order valence-electron chi connectivity index (χ1n) is 7.09. The minimum absolute atomic E-state index is 0.380. The van der Waals surface area contributed by atoms with Gasteiger partial charge in [0.25, 0.3) is 0 Å². The maximum absolute atomic E-state index is 5.90. The van der Waals surface area contributed by atoms with Crippen molar-refractivity contribution in [2.75, 3.05) is 0 Å². The largest absolute Gasteiger partial charge is 0.474 e. The molecule has 100 valence electrons. The van der Waals surface area contributed by atoms with E-state index in [1.165, 1.54) is 37.7 Å². The minimum Gasteiger partial charge on any atom is -0.474 e. The van der Waals surface area contributed by atoms with Crippen LogP contribution in [0.3, 0.4) is 0 Å². The minimum atomic E-state index is 0.380. The van der Waals surface area contributed by atoms with Crippen LogP contribution < -0.4 is 10.1 Å². The fourth-order valence-electron chi connectivity index (χ4n) is 2.26. The predicted molar refractivity (Wildman–Crippen MR) is 73.7 cm³/mol. The molecule has 1 N–H and O–H groups in total. The maximum atomic E-state index is 5.90. The molecule has 0 radical (unpaired) electrons. The third-order valence-corrected chi connectivity index (χ3v) is 3.35. The number of ether oxygens (including phenoxy) is 1. The van der Waals surface area contributed by atoms with Gasteiger partial charge in [-0.2, -0.15) is 0 Å². The molecule has 0 bridgehead atoms. The Labute approximate surface area is 110 Å².